The highest BCUT2D eigenvalue weighted by Crippen LogP contribution is 2.34. The number of hydrogen-bond acceptors (Lipinski definition) is 15. The molecule has 1 aliphatic heterocycles. The molecule has 1 heterocycles. The van der Waals surface area contributed by atoms with Crippen molar-refractivity contribution in [1.29, 1.82) is 0 Å². The van der Waals surface area contributed by atoms with Crippen LogP contribution in [0.1, 0.15) is 26.3 Å². The van der Waals surface area contributed by atoms with E-state index in [9.17, 15) is 28.2 Å². The van der Waals surface area contributed by atoms with Crippen LogP contribution in [0.4, 0.5) is 5.69 Å². The number of carbonyl (C=O) groups is 5. The van der Waals surface area contributed by atoms with Gasteiger partial charge in [0.2, 0.25) is 18.3 Å². The Morgan fingerprint density at radius 2 is 1.60 bits per heavy atom. The van der Waals surface area contributed by atoms with E-state index in [1.165, 1.54) is 6.07 Å². The quantitative estimate of drug-likeness (QED) is 0.120. The zero-order valence-electron chi connectivity index (χ0n) is 25.9. The molecule has 1 unspecified atom stereocenters. The van der Waals surface area contributed by atoms with Crippen molar-refractivity contribution in [2.24, 2.45) is 0 Å². The molecule has 17 heteroatoms. The smallest absolute Gasteiger partial charge is 0.339 e. The lowest BCUT2D eigenvalue weighted by Gasteiger charge is -2.43. The molecule has 0 aliphatic carbocycles. The van der Waals surface area contributed by atoms with Gasteiger partial charge in [-0.05, 0) is 31.3 Å². The first-order chi connectivity index (χ1) is 21.2. The molecule has 0 bridgehead atoms. The highest BCUT2D eigenvalue weighted by Gasteiger charge is 2.56. The summed E-state index contributed by atoms with van der Waals surface area (Å²) >= 11 is 0. The van der Waals surface area contributed by atoms with E-state index in [2.05, 4.69) is 22.5 Å². The van der Waals surface area contributed by atoms with Crippen LogP contribution in [0.15, 0.2) is 30.7 Å². The van der Waals surface area contributed by atoms with Crippen LogP contribution in [0.5, 0.6) is 5.75 Å². The second kappa shape index (κ2) is 17.9. The number of amides is 1. The molecule has 1 aromatic carbocycles. The molecule has 1 fully saturated rings. The standard InChI is InChI=1S/C28H39N3O13S/c1-15(30-10-11-45(7)37)39-14-19-8-9-21(20(12-19)31-22(35)13-29-5)43-28-26(42-18(4)34)24(41-17(3)33)23(40-16(2)32)25(44-28)27(36)38-6/h8-9,12,23-26,28-30H,1,10-11,13-14H2,2-7H3,(H,31,35)/t23-,24-,25-,26+,28+,45?/m0/s1. The highest BCUT2D eigenvalue weighted by molar-refractivity contribution is 7.84. The maximum Gasteiger partial charge on any atom is 0.339 e. The van der Waals surface area contributed by atoms with Crippen molar-refractivity contribution in [3.05, 3.63) is 36.2 Å². The molecule has 1 saturated heterocycles. The second-order valence-corrected chi connectivity index (χ2v) is 11.2. The van der Waals surface area contributed by atoms with Crippen LogP contribution in [0.25, 0.3) is 0 Å². The molecular formula is C28H39N3O13S. The molecular weight excluding hydrogens is 618 g/mol. The summed E-state index contributed by atoms with van der Waals surface area (Å²) in [5.41, 5.74) is 0.715. The zero-order chi connectivity index (χ0) is 33.7. The van der Waals surface area contributed by atoms with Gasteiger partial charge in [0.05, 0.1) is 19.3 Å². The van der Waals surface area contributed by atoms with Gasteiger partial charge in [0, 0.05) is 50.1 Å². The van der Waals surface area contributed by atoms with Crippen LogP contribution in [0.3, 0.4) is 0 Å². The Morgan fingerprint density at radius 1 is 0.978 bits per heavy atom. The number of nitrogens with one attached hydrogen (secondary N) is 3. The van der Waals surface area contributed by atoms with E-state index in [-0.39, 0.29) is 30.5 Å². The third-order valence-corrected chi connectivity index (χ3v) is 6.64. The van der Waals surface area contributed by atoms with E-state index in [1.807, 2.05) is 0 Å². The second-order valence-electron chi connectivity index (χ2n) is 9.61. The molecule has 1 amide bonds. The number of methoxy groups -OCH3 is 1. The SMILES string of the molecule is C=C(NCCS(C)=O)OCc1ccc(O[C@@H]2O[C@H](C(=O)OC)[C@@H](OC(C)=O)[C@H](OC(C)=O)[C@H]2OC(C)=O)c(NC(=O)CNC)c1. The number of carbonyl (C=O) groups excluding carboxylic acids is 5. The molecule has 3 N–H and O–H groups in total. The molecule has 6 atom stereocenters. The monoisotopic (exact) mass is 657 g/mol. The minimum atomic E-state index is -1.67. The van der Waals surface area contributed by atoms with E-state index >= 15 is 0 Å². The Balaban J connectivity index is 2.47. The zero-order valence-corrected chi connectivity index (χ0v) is 26.7. The maximum atomic E-state index is 12.7. The van der Waals surface area contributed by atoms with Gasteiger partial charge in [0.25, 0.3) is 0 Å². The number of benzene rings is 1. The van der Waals surface area contributed by atoms with Crippen molar-refractivity contribution in [2.45, 2.75) is 58.1 Å². The van der Waals surface area contributed by atoms with Crippen LogP contribution >= 0.6 is 0 Å². The number of esters is 4. The van der Waals surface area contributed by atoms with E-state index in [4.69, 9.17) is 33.2 Å². The summed E-state index contributed by atoms with van der Waals surface area (Å²) in [5, 5.41) is 8.33. The fourth-order valence-electron chi connectivity index (χ4n) is 4.08. The summed E-state index contributed by atoms with van der Waals surface area (Å²) in [5.74, 6) is -3.31. The van der Waals surface area contributed by atoms with Crippen molar-refractivity contribution >= 4 is 46.3 Å². The van der Waals surface area contributed by atoms with Gasteiger partial charge in [-0.25, -0.2) is 4.79 Å². The lowest BCUT2D eigenvalue weighted by atomic mass is 9.97. The molecule has 0 spiro atoms. The Morgan fingerprint density at radius 3 is 2.18 bits per heavy atom. The van der Waals surface area contributed by atoms with Gasteiger partial charge in [-0.1, -0.05) is 6.07 Å². The Labute approximate surface area is 262 Å². The number of anilines is 1. The van der Waals surface area contributed by atoms with Crippen LogP contribution in [0.2, 0.25) is 0 Å². The summed E-state index contributed by atoms with van der Waals surface area (Å²) in [6.45, 7) is 7.34. The van der Waals surface area contributed by atoms with Crippen LogP contribution in [-0.4, -0.2) is 104 Å². The van der Waals surface area contributed by atoms with Crippen molar-refractivity contribution in [1.82, 2.24) is 10.6 Å². The molecule has 0 aromatic heterocycles. The van der Waals surface area contributed by atoms with Crippen LogP contribution < -0.4 is 20.7 Å². The molecule has 250 valence electrons. The normalized spacial score (nSPS) is 21.3. The van der Waals surface area contributed by atoms with Crippen molar-refractivity contribution < 1.29 is 61.3 Å². The first kappa shape index (κ1) is 37.0. The fraction of sp³-hybridized carbons (Fsp3) is 0.536. The summed E-state index contributed by atoms with van der Waals surface area (Å²) in [4.78, 5) is 61.4. The molecule has 16 nitrogen and oxygen atoms in total. The maximum absolute atomic E-state index is 12.7. The topological polar surface area (TPSA) is 203 Å². The third kappa shape index (κ3) is 12.0. The van der Waals surface area contributed by atoms with E-state index < -0.39 is 71.3 Å². The van der Waals surface area contributed by atoms with Crippen molar-refractivity contribution in [3.63, 3.8) is 0 Å². The number of likely N-dealkylation sites (N-methyl/N-ethyl adjacent to an activating group) is 1. The van der Waals surface area contributed by atoms with Crippen LogP contribution in [0, 0.1) is 0 Å². The minimum Gasteiger partial charge on any atom is -0.475 e. The predicted molar refractivity (Wildman–Crippen MR) is 158 cm³/mol. The Bertz CT molecular complexity index is 1270. The number of rotatable bonds is 16. The van der Waals surface area contributed by atoms with Gasteiger partial charge in [0.15, 0.2) is 24.2 Å². The predicted octanol–water partition coefficient (Wildman–Crippen LogP) is -0.128. The average Bonchev–Trinajstić information content (AvgIpc) is 2.94. The number of hydrogen-bond donors (Lipinski definition) is 3. The van der Waals surface area contributed by atoms with E-state index in [1.54, 1.807) is 25.4 Å². The minimum absolute atomic E-state index is 0.00357. The van der Waals surface area contributed by atoms with Crippen LogP contribution in [-0.2, 0) is 69.8 Å². The van der Waals surface area contributed by atoms with Gasteiger partial charge >= 0.3 is 23.9 Å². The van der Waals surface area contributed by atoms with Crippen molar-refractivity contribution in [2.75, 3.05) is 44.6 Å². The summed E-state index contributed by atoms with van der Waals surface area (Å²) in [7, 11) is 1.66. The van der Waals surface area contributed by atoms with Gasteiger partial charge < -0.3 is 49.1 Å². The summed E-state index contributed by atoms with van der Waals surface area (Å²) in [6, 6.07) is 4.61. The van der Waals surface area contributed by atoms with Gasteiger partial charge in [-0.2, -0.15) is 0 Å². The van der Waals surface area contributed by atoms with E-state index in [0.717, 1.165) is 27.9 Å². The van der Waals surface area contributed by atoms with Gasteiger partial charge in [-0.15, -0.1) is 0 Å². The molecule has 0 radical (unpaired) electrons. The molecule has 1 aliphatic rings. The summed E-state index contributed by atoms with van der Waals surface area (Å²) < 4.78 is 49.6. The lowest BCUT2D eigenvalue weighted by molar-refractivity contribution is -0.282. The van der Waals surface area contributed by atoms with Gasteiger partial charge in [0.1, 0.15) is 12.4 Å². The van der Waals surface area contributed by atoms with E-state index in [0.29, 0.717) is 17.9 Å². The molecule has 1 aromatic rings. The summed E-state index contributed by atoms with van der Waals surface area (Å²) in [6.07, 6.45) is -6.40. The molecule has 2 rings (SSSR count). The number of ether oxygens (including phenoxy) is 7. The fourth-order valence-corrected chi connectivity index (χ4v) is 4.47. The van der Waals surface area contributed by atoms with Gasteiger partial charge in [-0.3, -0.25) is 23.4 Å². The first-order valence-electron chi connectivity index (χ1n) is 13.6. The third-order valence-electron chi connectivity index (χ3n) is 5.86. The average molecular weight is 658 g/mol. The molecule has 0 saturated carbocycles. The Kier molecular flexibility index (Phi) is 14.7. The highest BCUT2D eigenvalue weighted by atomic mass is 32.2. The largest absolute Gasteiger partial charge is 0.475 e. The molecule has 45 heavy (non-hydrogen) atoms. The first-order valence-corrected chi connectivity index (χ1v) is 15.3. The lowest BCUT2D eigenvalue weighted by Crippen LogP contribution is -2.64. The van der Waals surface area contributed by atoms with Crippen molar-refractivity contribution in [3.8, 4) is 5.75 Å². The Hall–Kier alpha value is -4.22.